The van der Waals surface area contributed by atoms with E-state index in [9.17, 15) is 13.2 Å². The third kappa shape index (κ3) is 3.21. The van der Waals surface area contributed by atoms with Crippen molar-refractivity contribution in [2.24, 2.45) is 0 Å². The first-order valence-corrected chi connectivity index (χ1v) is 7.94. The van der Waals surface area contributed by atoms with Crippen molar-refractivity contribution in [1.29, 1.82) is 0 Å². The van der Waals surface area contributed by atoms with Crippen molar-refractivity contribution in [2.75, 3.05) is 17.1 Å². The Morgan fingerprint density at radius 2 is 2.39 bits per heavy atom. The molecule has 0 bridgehead atoms. The van der Waals surface area contributed by atoms with Crippen LogP contribution in [0, 0.1) is 0 Å². The average Bonchev–Trinajstić information content (AvgIpc) is 2.87. The molecule has 18 heavy (non-hydrogen) atoms. The van der Waals surface area contributed by atoms with Gasteiger partial charge >= 0.3 is 5.97 Å². The third-order valence-corrected chi connectivity index (χ3v) is 4.80. The van der Waals surface area contributed by atoms with Crippen LogP contribution >= 0.6 is 11.3 Å². The van der Waals surface area contributed by atoms with Crippen molar-refractivity contribution in [3.63, 3.8) is 0 Å². The molecule has 1 fully saturated rings. The van der Waals surface area contributed by atoms with Crippen LogP contribution in [-0.4, -0.2) is 38.0 Å². The summed E-state index contributed by atoms with van der Waals surface area (Å²) in [5, 5.41) is 10.4. The molecule has 1 atom stereocenters. The predicted octanol–water partition coefficient (Wildman–Crippen LogP) is 1.37. The van der Waals surface area contributed by atoms with E-state index in [1.807, 2.05) is 0 Å². The van der Waals surface area contributed by atoms with Gasteiger partial charge in [-0.25, -0.2) is 13.2 Å². The standard InChI is InChI=1S/C10H13NO5S2/c12-10(13)9-8(3-5-17-9)11-18(14,15)6-7-2-1-4-16-7/h3,5,7,11H,1-2,4,6H2,(H,12,13). The lowest BCUT2D eigenvalue weighted by atomic mass is 10.3. The molecule has 6 nitrogen and oxygen atoms in total. The van der Waals surface area contributed by atoms with E-state index in [0.29, 0.717) is 6.61 Å². The van der Waals surface area contributed by atoms with Gasteiger partial charge in [-0.05, 0) is 24.3 Å². The summed E-state index contributed by atoms with van der Waals surface area (Å²) in [5.41, 5.74) is 0.116. The van der Waals surface area contributed by atoms with Crippen molar-refractivity contribution < 1.29 is 23.1 Å². The summed E-state index contributed by atoms with van der Waals surface area (Å²) < 4.78 is 31.2. The predicted molar refractivity (Wildman–Crippen MR) is 67.7 cm³/mol. The number of thiophene rings is 1. The van der Waals surface area contributed by atoms with Gasteiger partial charge in [-0.2, -0.15) is 0 Å². The number of aromatic carboxylic acids is 1. The lowest BCUT2D eigenvalue weighted by molar-refractivity contribution is 0.0703. The van der Waals surface area contributed by atoms with E-state index in [0.717, 1.165) is 24.2 Å². The minimum absolute atomic E-state index is 0.00841. The average molecular weight is 291 g/mol. The zero-order valence-electron chi connectivity index (χ0n) is 9.46. The van der Waals surface area contributed by atoms with E-state index in [1.54, 1.807) is 0 Å². The van der Waals surface area contributed by atoms with Gasteiger partial charge in [0.25, 0.3) is 0 Å². The van der Waals surface area contributed by atoms with Gasteiger partial charge in [0, 0.05) is 6.61 Å². The fourth-order valence-electron chi connectivity index (χ4n) is 1.78. The molecule has 0 saturated carbocycles. The number of carboxylic acids is 1. The van der Waals surface area contributed by atoms with Crippen molar-refractivity contribution in [3.8, 4) is 0 Å². The molecule has 0 radical (unpaired) electrons. The molecule has 1 saturated heterocycles. The van der Waals surface area contributed by atoms with Crippen LogP contribution in [-0.2, 0) is 14.8 Å². The molecular weight excluding hydrogens is 278 g/mol. The van der Waals surface area contributed by atoms with Crippen LogP contribution in [0.3, 0.4) is 0 Å². The van der Waals surface area contributed by atoms with Crippen LogP contribution in [0.2, 0.25) is 0 Å². The summed E-state index contributed by atoms with van der Waals surface area (Å²) in [4.78, 5) is 10.9. The van der Waals surface area contributed by atoms with Crippen LogP contribution in [0.15, 0.2) is 11.4 Å². The molecule has 0 spiro atoms. The van der Waals surface area contributed by atoms with Gasteiger partial charge in [0.1, 0.15) is 4.88 Å². The van der Waals surface area contributed by atoms with E-state index >= 15 is 0 Å². The monoisotopic (exact) mass is 291 g/mol. The van der Waals surface area contributed by atoms with Gasteiger partial charge in [0.15, 0.2) is 0 Å². The maximum atomic E-state index is 11.8. The minimum atomic E-state index is -3.58. The van der Waals surface area contributed by atoms with E-state index in [2.05, 4.69) is 4.72 Å². The largest absolute Gasteiger partial charge is 0.477 e. The highest BCUT2D eigenvalue weighted by Crippen LogP contribution is 2.24. The van der Waals surface area contributed by atoms with Crippen LogP contribution < -0.4 is 4.72 Å². The number of carboxylic acid groups (broad SMARTS) is 1. The fourth-order valence-corrected chi connectivity index (χ4v) is 3.88. The maximum absolute atomic E-state index is 11.8. The second kappa shape index (κ2) is 5.25. The summed E-state index contributed by atoms with van der Waals surface area (Å²) in [6.45, 7) is 0.582. The Morgan fingerprint density at radius 1 is 1.61 bits per heavy atom. The number of anilines is 1. The van der Waals surface area contributed by atoms with Gasteiger partial charge in [-0.3, -0.25) is 4.72 Å². The van der Waals surface area contributed by atoms with E-state index in [-0.39, 0.29) is 22.4 Å². The number of hydrogen-bond acceptors (Lipinski definition) is 5. The molecule has 2 rings (SSSR count). The summed E-state index contributed by atoms with van der Waals surface area (Å²) >= 11 is 0.983. The number of carbonyl (C=O) groups is 1. The molecule has 1 aromatic heterocycles. The fraction of sp³-hybridized carbons (Fsp3) is 0.500. The molecule has 0 aliphatic carbocycles. The highest BCUT2D eigenvalue weighted by atomic mass is 32.2. The van der Waals surface area contributed by atoms with Crippen molar-refractivity contribution in [3.05, 3.63) is 16.3 Å². The summed E-state index contributed by atoms with van der Waals surface area (Å²) in [5.74, 6) is -1.28. The highest BCUT2D eigenvalue weighted by Gasteiger charge is 2.24. The summed E-state index contributed by atoms with van der Waals surface area (Å²) in [7, 11) is -3.58. The lowest BCUT2D eigenvalue weighted by Crippen LogP contribution is -2.26. The lowest BCUT2D eigenvalue weighted by Gasteiger charge is -2.11. The molecule has 8 heteroatoms. The normalized spacial score (nSPS) is 19.9. The van der Waals surface area contributed by atoms with E-state index in [4.69, 9.17) is 9.84 Å². The third-order valence-electron chi connectivity index (χ3n) is 2.55. The highest BCUT2D eigenvalue weighted by molar-refractivity contribution is 7.92. The van der Waals surface area contributed by atoms with Crippen LogP contribution in [0.1, 0.15) is 22.5 Å². The SMILES string of the molecule is O=C(O)c1sccc1NS(=O)(=O)CC1CCCO1. The Labute approximate surface area is 109 Å². The molecule has 1 unspecified atom stereocenters. The van der Waals surface area contributed by atoms with Gasteiger partial charge in [0.2, 0.25) is 10.0 Å². The zero-order valence-corrected chi connectivity index (χ0v) is 11.1. The number of hydrogen-bond donors (Lipinski definition) is 2. The zero-order chi connectivity index (χ0) is 13.2. The number of nitrogens with one attached hydrogen (secondary N) is 1. The van der Waals surface area contributed by atoms with Gasteiger partial charge in [-0.1, -0.05) is 0 Å². The molecule has 1 aliphatic heterocycles. The van der Waals surface area contributed by atoms with Crippen LogP contribution in [0.5, 0.6) is 0 Å². The summed E-state index contributed by atoms with van der Waals surface area (Å²) in [6, 6.07) is 1.45. The van der Waals surface area contributed by atoms with Crippen molar-refractivity contribution >= 4 is 33.0 Å². The van der Waals surface area contributed by atoms with Crippen LogP contribution in [0.25, 0.3) is 0 Å². The Bertz CT molecular complexity index is 530. The molecule has 100 valence electrons. The first kappa shape index (κ1) is 13.3. The molecule has 0 amide bonds. The topological polar surface area (TPSA) is 92.7 Å². The van der Waals surface area contributed by atoms with E-state index in [1.165, 1.54) is 11.4 Å². The molecule has 2 N–H and O–H groups in total. The van der Waals surface area contributed by atoms with E-state index < -0.39 is 16.0 Å². The Hall–Kier alpha value is -1.12. The Kier molecular flexibility index (Phi) is 3.88. The molecular formula is C10H13NO5S2. The molecule has 1 aliphatic rings. The van der Waals surface area contributed by atoms with Crippen molar-refractivity contribution in [1.82, 2.24) is 0 Å². The van der Waals surface area contributed by atoms with Crippen LogP contribution in [0.4, 0.5) is 5.69 Å². The molecule has 0 aromatic carbocycles. The van der Waals surface area contributed by atoms with Gasteiger partial charge in [0.05, 0.1) is 17.5 Å². The minimum Gasteiger partial charge on any atom is -0.477 e. The first-order chi connectivity index (χ1) is 8.48. The quantitative estimate of drug-likeness (QED) is 0.854. The Morgan fingerprint density at radius 3 is 3.00 bits per heavy atom. The maximum Gasteiger partial charge on any atom is 0.348 e. The first-order valence-electron chi connectivity index (χ1n) is 5.41. The molecule has 1 aromatic rings. The number of sulfonamides is 1. The Balaban J connectivity index is 2.07. The van der Waals surface area contributed by atoms with Gasteiger partial charge in [-0.15, -0.1) is 11.3 Å². The summed E-state index contributed by atoms with van der Waals surface area (Å²) in [6.07, 6.45) is 1.28. The number of rotatable bonds is 5. The second-order valence-corrected chi connectivity index (χ2v) is 6.67. The van der Waals surface area contributed by atoms with Crippen molar-refractivity contribution in [2.45, 2.75) is 18.9 Å². The van der Waals surface area contributed by atoms with Gasteiger partial charge < -0.3 is 9.84 Å². The smallest absolute Gasteiger partial charge is 0.348 e. The number of ether oxygens (including phenoxy) is 1. The molecule has 2 heterocycles. The second-order valence-electron chi connectivity index (χ2n) is 3.99.